The molecule has 69 heavy (non-hydrogen) atoms. The molecule has 0 aromatic carbocycles. The van der Waals surface area contributed by atoms with E-state index in [-0.39, 0.29) is 31.1 Å². The molecule has 0 amide bonds. The second-order valence-corrected chi connectivity index (χ2v) is 19.5. The average molecular weight is 964 g/mol. The smallest absolute Gasteiger partial charge is 0.306 e. The van der Waals surface area contributed by atoms with Crippen LogP contribution in [0.1, 0.15) is 290 Å². The van der Waals surface area contributed by atoms with Crippen LogP contribution in [0.25, 0.3) is 0 Å². The van der Waals surface area contributed by atoms with Crippen molar-refractivity contribution in [2.24, 2.45) is 0 Å². The van der Waals surface area contributed by atoms with Gasteiger partial charge in [0.2, 0.25) is 0 Å². The number of allylic oxidation sites excluding steroid dienone is 12. The molecular weight excluding hydrogens is 853 g/mol. The van der Waals surface area contributed by atoms with Gasteiger partial charge in [-0.1, -0.05) is 254 Å². The van der Waals surface area contributed by atoms with Crippen LogP contribution in [0.2, 0.25) is 0 Å². The van der Waals surface area contributed by atoms with E-state index < -0.39 is 6.10 Å². The SMILES string of the molecule is CC/C=C\C/C=C\C/C=C\C/C=C\CCCCCCC(=O)OC(COC(=O)CCCCCCC)COC(=O)CCCCCCCCCCCCCCCCCCC/C=C\C/C=C\CCCCCCC. The van der Waals surface area contributed by atoms with Gasteiger partial charge in [-0.25, -0.2) is 0 Å². The lowest BCUT2D eigenvalue weighted by molar-refractivity contribution is -0.167. The Bertz CT molecular complexity index is 1290. The predicted octanol–water partition coefficient (Wildman–Crippen LogP) is 19.8. The third kappa shape index (κ3) is 55.6. The molecule has 0 saturated carbocycles. The van der Waals surface area contributed by atoms with Gasteiger partial charge in [-0.05, 0) is 89.9 Å². The molecule has 1 atom stereocenters. The van der Waals surface area contributed by atoms with E-state index in [0.717, 1.165) is 109 Å². The summed E-state index contributed by atoms with van der Waals surface area (Å²) in [6.45, 7) is 6.43. The Morgan fingerprint density at radius 2 is 0.565 bits per heavy atom. The first-order valence-corrected chi connectivity index (χ1v) is 29.4. The second-order valence-electron chi connectivity index (χ2n) is 19.5. The molecule has 0 aliphatic carbocycles. The summed E-state index contributed by atoms with van der Waals surface area (Å²) in [5.74, 6) is -0.915. The molecular formula is C63H110O6. The van der Waals surface area contributed by atoms with Gasteiger partial charge in [0.15, 0.2) is 6.10 Å². The molecule has 0 spiro atoms. The normalized spacial score (nSPS) is 12.6. The summed E-state index contributed by atoms with van der Waals surface area (Å²) in [5, 5.41) is 0. The standard InChI is InChI=1S/C63H110O6/c1-4-7-10-13-15-17-19-21-23-25-26-27-28-29-30-31-32-33-34-35-36-38-39-41-43-45-47-50-53-56-62(65)68-59-60(58-67-61(64)55-52-49-12-9-6-3)69-63(66)57-54-51-48-46-44-42-40-37-24-22-20-18-16-14-11-8-5-2/h8,11,16,18-19,21-22,24-26,40,42,60H,4-7,9-10,12-15,17,20,23,27-39,41,43-59H2,1-3H3/b11-8-,18-16-,21-19-,24-22-,26-25-,42-40-. The van der Waals surface area contributed by atoms with Crippen LogP contribution in [0.5, 0.6) is 0 Å². The number of ether oxygens (including phenoxy) is 3. The Morgan fingerprint density at radius 3 is 0.884 bits per heavy atom. The first-order chi connectivity index (χ1) is 34.0. The van der Waals surface area contributed by atoms with Crippen molar-refractivity contribution in [1.29, 1.82) is 0 Å². The van der Waals surface area contributed by atoms with Gasteiger partial charge in [0.25, 0.3) is 0 Å². The fraction of sp³-hybridized carbons (Fsp3) is 0.762. The van der Waals surface area contributed by atoms with Crippen LogP contribution < -0.4 is 0 Å². The van der Waals surface area contributed by atoms with Crippen molar-refractivity contribution in [1.82, 2.24) is 0 Å². The fourth-order valence-electron chi connectivity index (χ4n) is 8.29. The van der Waals surface area contributed by atoms with E-state index in [1.807, 2.05) is 0 Å². The van der Waals surface area contributed by atoms with Crippen molar-refractivity contribution in [3.05, 3.63) is 72.9 Å². The summed E-state index contributed by atoms with van der Waals surface area (Å²) in [6.07, 6.45) is 73.8. The van der Waals surface area contributed by atoms with Gasteiger partial charge in [0.05, 0.1) is 0 Å². The van der Waals surface area contributed by atoms with Crippen LogP contribution in [-0.2, 0) is 28.6 Å². The zero-order valence-corrected chi connectivity index (χ0v) is 45.6. The highest BCUT2D eigenvalue weighted by atomic mass is 16.6. The largest absolute Gasteiger partial charge is 0.462 e. The van der Waals surface area contributed by atoms with Crippen LogP contribution >= 0.6 is 0 Å². The summed E-state index contributed by atoms with van der Waals surface area (Å²) >= 11 is 0. The molecule has 0 heterocycles. The van der Waals surface area contributed by atoms with Gasteiger partial charge in [-0.2, -0.15) is 0 Å². The molecule has 0 bridgehead atoms. The molecule has 0 radical (unpaired) electrons. The van der Waals surface area contributed by atoms with E-state index in [1.54, 1.807) is 0 Å². The maximum absolute atomic E-state index is 12.8. The molecule has 0 fully saturated rings. The van der Waals surface area contributed by atoms with Crippen molar-refractivity contribution < 1.29 is 28.6 Å². The lowest BCUT2D eigenvalue weighted by Crippen LogP contribution is -2.30. The quantitative estimate of drug-likeness (QED) is 0.0262. The zero-order valence-electron chi connectivity index (χ0n) is 45.6. The third-order valence-corrected chi connectivity index (χ3v) is 12.7. The number of carbonyl (C=O) groups is 3. The molecule has 0 rings (SSSR count). The number of hydrogen-bond donors (Lipinski definition) is 0. The number of hydrogen-bond acceptors (Lipinski definition) is 6. The van der Waals surface area contributed by atoms with E-state index in [0.29, 0.717) is 19.3 Å². The van der Waals surface area contributed by atoms with Gasteiger partial charge >= 0.3 is 17.9 Å². The van der Waals surface area contributed by atoms with Crippen molar-refractivity contribution in [3.8, 4) is 0 Å². The molecule has 6 heteroatoms. The third-order valence-electron chi connectivity index (χ3n) is 12.7. The van der Waals surface area contributed by atoms with E-state index in [1.165, 1.54) is 141 Å². The Morgan fingerprint density at radius 1 is 0.304 bits per heavy atom. The Hall–Kier alpha value is -3.15. The molecule has 398 valence electrons. The second kappa shape index (κ2) is 57.4. The first-order valence-electron chi connectivity index (χ1n) is 29.4. The Balaban J connectivity index is 4.02. The molecule has 0 saturated heterocycles. The monoisotopic (exact) mass is 963 g/mol. The van der Waals surface area contributed by atoms with Crippen LogP contribution in [0.15, 0.2) is 72.9 Å². The van der Waals surface area contributed by atoms with Crippen molar-refractivity contribution >= 4 is 17.9 Å². The topological polar surface area (TPSA) is 78.9 Å². The minimum Gasteiger partial charge on any atom is -0.462 e. The highest BCUT2D eigenvalue weighted by molar-refractivity contribution is 5.71. The van der Waals surface area contributed by atoms with E-state index in [9.17, 15) is 14.4 Å². The van der Waals surface area contributed by atoms with Crippen molar-refractivity contribution in [2.75, 3.05) is 13.2 Å². The molecule has 1 unspecified atom stereocenters. The summed E-state index contributed by atoms with van der Waals surface area (Å²) in [6, 6.07) is 0. The highest BCUT2D eigenvalue weighted by Gasteiger charge is 2.19. The van der Waals surface area contributed by atoms with Gasteiger partial charge in [-0.15, -0.1) is 0 Å². The van der Waals surface area contributed by atoms with Crippen LogP contribution in [-0.4, -0.2) is 37.2 Å². The van der Waals surface area contributed by atoms with E-state index in [2.05, 4.69) is 93.7 Å². The molecule has 0 aliphatic rings. The number of carbonyl (C=O) groups excluding carboxylic acids is 3. The summed E-state index contributed by atoms with van der Waals surface area (Å²) in [5.41, 5.74) is 0. The number of unbranched alkanes of at least 4 members (excludes halogenated alkanes) is 30. The number of esters is 3. The molecule has 0 aromatic rings. The van der Waals surface area contributed by atoms with Gasteiger partial charge in [0.1, 0.15) is 13.2 Å². The minimum atomic E-state index is -0.783. The fourth-order valence-corrected chi connectivity index (χ4v) is 8.29. The maximum atomic E-state index is 12.8. The average Bonchev–Trinajstić information content (AvgIpc) is 3.35. The molecule has 0 N–H and O–H groups in total. The lowest BCUT2D eigenvalue weighted by Gasteiger charge is -2.18. The number of rotatable bonds is 53. The first kappa shape index (κ1) is 65.8. The zero-order chi connectivity index (χ0) is 50.0. The van der Waals surface area contributed by atoms with Crippen LogP contribution in [0, 0.1) is 0 Å². The van der Waals surface area contributed by atoms with Gasteiger partial charge < -0.3 is 14.2 Å². The molecule has 0 aromatic heterocycles. The van der Waals surface area contributed by atoms with E-state index in [4.69, 9.17) is 14.2 Å². The predicted molar refractivity (Wildman–Crippen MR) is 298 cm³/mol. The molecule has 6 nitrogen and oxygen atoms in total. The van der Waals surface area contributed by atoms with Crippen LogP contribution in [0.3, 0.4) is 0 Å². The summed E-state index contributed by atoms with van der Waals surface area (Å²) in [7, 11) is 0. The Kier molecular flexibility index (Phi) is 54.8. The highest BCUT2D eigenvalue weighted by Crippen LogP contribution is 2.16. The van der Waals surface area contributed by atoms with E-state index >= 15 is 0 Å². The minimum absolute atomic E-state index is 0.0838. The molecule has 0 aliphatic heterocycles. The van der Waals surface area contributed by atoms with Crippen molar-refractivity contribution in [3.63, 3.8) is 0 Å². The Labute approximate surface area is 427 Å². The van der Waals surface area contributed by atoms with Gasteiger partial charge in [-0.3, -0.25) is 14.4 Å². The van der Waals surface area contributed by atoms with Gasteiger partial charge in [0, 0.05) is 19.3 Å². The maximum Gasteiger partial charge on any atom is 0.306 e. The van der Waals surface area contributed by atoms with Crippen LogP contribution in [0.4, 0.5) is 0 Å². The van der Waals surface area contributed by atoms with Crippen molar-refractivity contribution in [2.45, 2.75) is 297 Å². The summed E-state index contributed by atoms with van der Waals surface area (Å²) in [4.78, 5) is 37.8. The lowest BCUT2D eigenvalue weighted by atomic mass is 10.0. The summed E-state index contributed by atoms with van der Waals surface area (Å²) < 4.78 is 16.7.